The van der Waals surface area contributed by atoms with Gasteiger partial charge < -0.3 is 15.4 Å². The lowest BCUT2D eigenvalue weighted by Crippen LogP contribution is -2.37. The number of nitrogens with two attached hydrogens (primary N) is 1. The molecule has 0 radical (unpaired) electrons. The van der Waals surface area contributed by atoms with Crippen molar-refractivity contribution in [3.8, 4) is 5.75 Å². The summed E-state index contributed by atoms with van der Waals surface area (Å²) in [7, 11) is 0. The van der Waals surface area contributed by atoms with Crippen LogP contribution in [0.1, 0.15) is 29.6 Å². The molecule has 0 spiro atoms. The second-order valence-electron chi connectivity index (χ2n) is 5.61. The minimum atomic E-state index is 0.0939. The van der Waals surface area contributed by atoms with Crippen molar-refractivity contribution >= 4 is 5.91 Å². The third kappa shape index (κ3) is 2.45. The number of ether oxygens (including phenoxy) is 1. The molecule has 1 fully saturated rings. The minimum Gasteiger partial charge on any atom is -0.491 e. The monoisotopic (exact) mass is 260 g/mol. The summed E-state index contributed by atoms with van der Waals surface area (Å²) < 4.78 is 5.66. The van der Waals surface area contributed by atoms with Crippen LogP contribution in [0.15, 0.2) is 24.3 Å². The summed E-state index contributed by atoms with van der Waals surface area (Å²) in [6.45, 7) is 2.76. The minimum absolute atomic E-state index is 0.0939. The quantitative estimate of drug-likeness (QED) is 0.895. The van der Waals surface area contributed by atoms with E-state index < -0.39 is 0 Å². The molecule has 1 aliphatic heterocycles. The summed E-state index contributed by atoms with van der Waals surface area (Å²) in [5, 5.41) is 0. The number of rotatable bonds is 4. The molecule has 1 saturated carbocycles. The molecular formula is C15H20N2O2. The van der Waals surface area contributed by atoms with E-state index in [4.69, 9.17) is 10.5 Å². The molecule has 4 nitrogen and oxygen atoms in total. The largest absolute Gasteiger partial charge is 0.491 e. The number of fused-ring (bicyclic) bond motifs is 1. The van der Waals surface area contributed by atoms with Gasteiger partial charge in [-0.1, -0.05) is 12.1 Å². The average molecular weight is 260 g/mol. The SMILES string of the molecule is NCCC1(CN2CCOc3ccccc3C2=O)CC1. The summed E-state index contributed by atoms with van der Waals surface area (Å²) in [4.78, 5) is 14.5. The summed E-state index contributed by atoms with van der Waals surface area (Å²) in [6.07, 6.45) is 3.40. The smallest absolute Gasteiger partial charge is 0.257 e. The second-order valence-corrected chi connectivity index (χ2v) is 5.61. The van der Waals surface area contributed by atoms with Gasteiger partial charge in [-0.05, 0) is 43.4 Å². The lowest BCUT2D eigenvalue weighted by Gasteiger charge is -2.25. The van der Waals surface area contributed by atoms with Gasteiger partial charge in [0.1, 0.15) is 12.4 Å². The third-order valence-electron chi connectivity index (χ3n) is 4.18. The highest BCUT2D eigenvalue weighted by Crippen LogP contribution is 2.49. The Morgan fingerprint density at radius 1 is 1.32 bits per heavy atom. The first-order chi connectivity index (χ1) is 9.24. The zero-order valence-electron chi connectivity index (χ0n) is 11.1. The molecule has 4 heteroatoms. The fraction of sp³-hybridized carbons (Fsp3) is 0.533. The molecule has 0 saturated heterocycles. The van der Waals surface area contributed by atoms with Gasteiger partial charge in [-0.25, -0.2) is 0 Å². The van der Waals surface area contributed by atoms with Gasteiger partial charge in [-0.2, -0.15) is 0 Å². The van der Waals surface area contributed by atoms with E-state index in [1.807, 2.05) is 29.2 Å². The lowest BCUT2D eigenvalue weighted by molar-refractivity contribution is 0.0714. The third-order valence-corrected chi connectivity index (χ3v) is 4.18. The van der Waals surface area contributed by atoms with E-state index >= 15 is 0 Å². The van der Waals surface area contributed by atoms with Gasteiger partial charge in [0.2, 0.25) is 0 Å². The Kier molecular flexibility index (Phi) is 3.19. The van der Waals surface area contributed by atoms with Crippen molar-refractivity contribution in [2.45, 2.75) is 19.3 Å². The van der Waals surface area contributed by atoms with Gasteiger partial charge in [0, 0.05) is 6.54 Å². The van der Waals surface area contributed by atoms with Crippen LogP contribution >= 0.6 is 0 Å². The molecule has 0 aromatic heterocycles. The molecule has 0 bridgehead atoms. The predicted molar refractivity (Wildman–Crippen MR) is 73.2 cm³/mol. The zero-order valence-corrected chi connectivity index (χ0v) is 11.1. The molecule has 1 heterocycles. The van der Waals surface area contributed by atoms with Gasteiger partial charge in [-0.15, -0.1) is 0 Å². The molecule has 1 aromatic rings. The topological polar surface area (TPSA) is 55.6 Å². The van der Waals surface area contributed by atoms with Gasteiger partial charge >= 0.3 is 0 Å². The highest BCUT2D eigenvalue weighted by molar-refractivity contribution is 5.97. The molecule has 19 heavy (non-hydrogen) atoms. The van der Waals surface area contributed by atoms with Crippen LogP contribution in [0.4, 0.5) is 0 Å². The zero-order chi connectivity index (χ0) is 13.3. The fourth-order valence-corrected chi connectivity index (χ4v) is 2.83. The van der Waals surface area contributed by atoms with E-state index in [0.29, 0.717) is 31.0 Å². The summed E-state index contributed by atoms with van der Waals surface area (Å²) in [5.74, 6) is 0.801. The standard InChI is InChI=1S/C15H20N2O2/c16-8-7-15(5-6-15)11-17-9-10-19-13-4-2-1-3-12(13)14(17)18/h1-4H,5-11,16H2. The van der Waals surface area contributed by atoms with Crippen LogP contribution in [0, 0.1) is 5.41 Å². The predicted octanol–water partition coefficient (Wildman–Crippen LogP) is 1.65. The first kappa shape index (κ1) is 12.5. The highest BCUT2D eigenvalue weighted by Gasteiger charge is 2.44. The van der Waals surface area contributed by atoms with Crippen molar-refractivity contribution in [3.63, 3.8) is 0 Å². The molecule has 0 unspecified atom stereocenters. The molecule has 2 aliphatic rings. The van der Waals surface area contributed by atoms with E-state index in [1.54, 1.807) is 0 Å². The Morgan fingerprint density at radius 3 is 2.84 bits per heavy atom. The Hall–Kier alpha value is -1.55. The highest BCUT2D eigenvalue weighted by atomic mass is 16.5. The average Bonchev–Trinajstić information content (AvgIpc) is 3.19. The number of carbonyl (C=O) groups is 1. The van der Waals surface area contributed by atoms with Crippen molar-refractivity contribution < 1.29 is 9.53 Å². The fourth-order valence-electron chi connectivity index (χ4n) is 2.83. The molecule has 102 valence electrons. The first-order valence-corrected chi connectivity index (χ1v) is 6.95. The summed E-state index contributed by atoms with van der Waals surface area (Å²) in [6, 6.07) is 7.50. The van der Waals surface area contributed by atoms with Gasteiger partial charge in [0.25, 0.3) is 5.91 Å². The molecule has 2 N–H and O–H groups in total. The Labute approximate surface area is 113 Å². The number of hydrogen-bond donors (Lipinski definition) is 1. The number of amides is 1. The lowest BCUT2D eigenvalue weighted by atomic mass is 10.0. The number of para-hydroxylation sites is 1. The molecule has 0 atom stereocenters. The number of nitrogens with zero attached hydrogens (tertiary/aromatic N) is 1. The summed E-state index contributed by atoms with van der Waals surface area (Å²) >= 11 is 0. The Morgan fingerprint density at radius 2 is 2.11 bits per heavy atom. The normalized spacial score (nSPS) is 20.5. The maximum atomic E-state index is 12.6. The Bertz CT molecular complexity index is 483. The molecule has 1 aliphatic carbocycles. The molecule has 1 aromatic carbocycles. The van der Waals surface area contributed by atoms with Gasteiger partial charge in [0.05, 0.1) is 12.1 Å². The molecular weight excluding hydrogens is 240 g/mol. The van der Waals surface area contributed by atoms with Crippen LogP contribution in [-0.4, -0.2) is 37.0 Å². The first-order valence-electron chi connectivity index (χ1n) is 6.95. The van der Waals surface area contributed by atoms with Gasteiger partial charge in [0.15, 0.2) is 0 Å². The maximum absolute atomic E-state index is 12.6. The van der Waals surface area contributed by atoms with Crippen LogP contribution in [0.25, 0.3) is 0 Å². The van der Waals surface area contributed by atoms with Crippen molar-refractivity contribution in [1.82, 2.24) is 4.90 Å². The maximum Gasteiger partial charge on any atom is 0.257 e. The summed E-state index contributed by atoms with van der Waals surface area (Å²) in [5.41, 5.74) is 6.64. The van der Waals surface area contributed by atoms with Crippen molar-refractivity contribution in [1.29, 1.82) is 0 Å². The molecule has 3 rings (SSSR count). The molecule has 1 amide bonds. The van der Waals surface area contributed by atoms with Gasteiger partial charge in [-0.3, -0.25) is 4.79 Å². The van der Waals surface area contributed by atoms with Crippen molar-refractivity contribution in [2.75, 3.05) is 26.2 Å². The van der Waals surface area contributed by atoms with Crippen molar-refractivity contribution in [2.24, 2.45) is 11.1 Å². The Balaban J connectivity index is 1.78. The van der Waals surface area contributed by atoms with Crippen LogP contribution < -0.4 is 10.5 Å². The second kappa shape index (κ2) is 4.85. The van der Waals surface area contributed by atoms with Crippen LogP contribution in [0.3, 0.4) is 0 Å². The van der Waals surface area contributed by atoms with Crippen LogP contribution in [0.5, 0.6) is 5.75 Å². The van der Waals surface area contributed by atoms with E-state index in [0.717, 1.165) is 13.0 Å². The number of carbonyl (C=O) groups excluding carboxylic acids is 1. The van der Waals surface area contributed by atoms with Crippen LogP contribution in [-0.2, 0) is 0 Å². The van der Waals surface area contributed by atoms with E-state index in [2.05, 4.69) is 0 Å². The van der Waals surface area contributed by atoms with Crippen LogP contribution in [0.2, 0.25) is 0 Å². The number of hydrogen-bond acceptors (Lipinski definition) is 3. The van der Waals surface area contributed by atoms with E-state index in [9.17, 15) is 4.79 Å². The number of benzene rings is 1. The van der Waals surface area contributed by atoms with E-state index in [-0.39, 0.29) is 11.3 Å². The van der Waals surface area contributed by atoms with Crippen molar-refractivity contribution in [3.05, 3.63) is 29.8 Å². The van der Waals surface area contributed by atoms with E-state index in [1.165, 1.54) is 12.8 Å².